The highest BCUT2D eigenvalue weighted by Gasteiger charge is 2.12. The van der Waals surface area contributed by atoms with Crippen LogP contribution in [0.25, 0.3) is 0 Å². The molecule has 5 nitrogen and oxygen atoms in total. The molecule has 5 heteroatoms. The first-order chi connectivity index (χ1) is 13.7. The number of carbonyl (C=O) groups is 1. The quantitative estimate of drug-likeness (QED) is 0.555. The third-order valence-corrected chi connectivity index (χ3v) is 3.98. The minimum Gasteiger partial charge on any atom is -0.494 e. The monoisotopic (exact) mass is 375 g/mol. The van der Waals surface area contributed by atoms with Crippen LogP contribution in [-0.2, 0) is 6.61 Å². The zero-order valence-electron chi connectivity index (χ0n) is 15.5. The largest absolute Gasteiger partial charge is 0.494 e. The molecule has 0 heterocycles. The molecule has 0 spiro atoms. The zero-order valence-corrected chi connectivity index (χ0v) is 15.5. The second-order valence-corrected chi connectivity index (χ2v) is 6.02. The molecule has 0 amide bonds. The lowest BCUT2D eigenvalue weighted by molar-refractivity contribution is 0.0691. The van der Waals surface area contributed by atoms with E-state index in [1.165, 1.54) is 0 Å². The summed E-state index contributed by atoms with van der Waals surface area (Å²) in [6.45, 7) is 2.85. The van der Waals surface area contributed by atoms with Gasteiger partial charge in [-0.2, -0.15) is 0 Å². The van der Waals surface area contributed by atoms with Crippen LogP contribution in [0.15, 0.2) is 77.8 Å². The fourth-order valence-electron chi connectivity index (χ4n) is 2.60. The molecule has 3 rings (SSSR count). The zero-order chi connectivity index (χ0) is 19.8. The van der Waals surface area contributed by atoms with E-state index in [0.29, 0.717) is 24.5 Å². The summed E-state index contributed by atoms with van der Waals surface area (Å²) in [6.07, 6.45) is 1.63. The molecule has 0 saturated carbocycles. The molecule has 0 radical (unpaired) electrons. The van der Waals surface area contributed by atoms with Gasteiger partial charge in [-0.3, -0.25) is 4.99 Å². The molecule has 0 atom stereocenters. The van der Waals surface area contributed by atoms with Crippen LogP contribution < -0.4 is 9.47 Å². The van der Waals surface area contributed by atoms with Gasteiger partial charge < -0.3 is 14.6 Å². The van der Waals surface area contributed by atoms with E-state index in [1.54, 1.807) is 24.4 Å². The summed E-state index contributed by atoms with van der Waals surface area (Å²) < 4.78 is 11.1. The van der Waals surface area contributed by atoms with Crippen molar-refractivity contribution >= 4 is 17.9 Å². The van der Waals surface area contributed by atoms with Gasteiger partial charge in [0.1, 0.15) is 23.7 Å². The van der Waals surface area contributed by atoms with Crippen molar-refractivity contribution in [1.82, 2.24) is 0 Å². The summed E-state index contributed by atoms with van der Waals surface area (Å²) in [5, 5.41) is 9.52. The van der Waals surface area contributed by atoms with Crippen LogP contribution in [0.1, 0.15) is 28.4 Å². The molecule has 3 aromatic carbocycles. The number of carboxylic acid groups (broad SMARTS) is 1. The highest BCUT2D eigenvalue weighted by Crippen LogP contribution is 2.22. The third-order valence-electron chi connectivity index (χ3n) is 3.98. The first-order valence-electron chi connectivity index (χ1n) is 8.96. The Morgan fingerprint density at radius 2 is 1.75 bits per heavy atom. The number of carboxylic acids is 1. The Hall–Kier alpha value is -3.60. The lowest BCUT2D eigenvalue weighted by Gasteiger charge is -2.10. The normalized spacial score (nSPS) is 10.8. The van der Waals surface area contributed by atoms with Crippen LogP contribution in [0.5, 0.6) is 11.5 Å². The first kappa shape index (κ1) is 19.2. The molecule has 142 valence electrons. The number of benzene rings is 3. The summed E-state index contributed by atoms with van der Waals surface area (Å²) in [7, 11) is 0. The molecular weight excluding hydrogens is 354 g/mol. The Morgan fingerprint density at radius 3 is 2.43 bits per heavy atom. The maximum atomic E-state index is 11.6. The van der Waals surface area contributed by atoms with Crippen LogP contribution in [0, 0.1) is 0 Å². The number of ether oxygens (including phenoxy) is 2. The summed E-state index contributed by atoms with van der Waals surface area (Å²) in [5.41, 5.74) is 2.51. The van der Waals surface area contributed by atoms with Crippen molar-refractivity contribution in [1.29, 1.82) is 0 Å². The average Bonchev–Trinajstić information content (AvgIpc) is 2.73. The molecule has 0 unspecified atom stereocenters. The second kappa shape index (κ2) is 9.37. The van der Waals surface area contributed by atoms with Crippen molar-refractivity contribution in [3.63, 3.8) is 0 Å². The van der Waals surface area contributed by atoms with E-state index in [-0.39, 0.29) is 5.56 Å². The predicted octanol–water partition coefficient (Wildman–Crippen LogP) is 5.11. The Morgan fingerprint density at radius 1 is 1.00 bits per heavy atom. The number of nitrogens with zero attached hydrogens (tertiary/aromatic N) is 1. The summed E-state index contributed by atoms with van der Waals surface area (Å²) in [6, 6.07) is 22.0. The standard InChI is InChI=1S/C23H21NO4/c1-2-27-20-11-9-19(10-12-20)24-15-18-8-13-22(21(14-18)23(25)26)28-16-17-6-4-3-5-7-17/h3-15H,2,16H2,1H3,(H,25,26). The smallest absolute Gasteiger partial charge is 0.339 e. The van der Waals surface area contributed by atoms with Gasteiger partial charge in [0.05, 0.1) is 12.3 Å². The van der Waals surface area contributed by atoms with Crippen molar-refractivity contribution in [3.05, 3.63) is 89.5 Å². The molecule has 0 bridgehead atoms. The minimum atomic E-state index is -1.04. The van der Waals surface area contributed by atoms with E-state index >= 15 is 0 Å². The molecule has 0 aliphatic heterocycles. The van der Waals surface area contributed by atoms with Crippen molar-refractivity contribution in [2.75, 3.05) is 6.61 Å². The molecular formula is C23H21NO4. The molecule has 0 aromatic heterocycles. The van der Waals surface area contributed by atoms with Gasteiger partial charge >= 0.3 is 5.97 Å². The molecule has 1 N–H and O–H groups in total. The van der Waals surface area contributed by atoms with E-state index in [2.05, 4.69) is 4.99 Å². The van der Waals surface area contributed by atoms with Gasteiger partial charge in [0.25, 0.3) is 0 Å². The van der Waals surface area contributed by atoms with Gasteiger partial charge in [0, 0.05) is 6.21 Å². The first-order valence-corrected chi connectivity index (χ1v) is 8.96. The van der Waals surface area contributed by atoms with Crippen molar-refractivity contribution < 1.29 is 19.4 Å². The van der Waals surface area contributed by atoms with Gasteiger partial charge in [-0.15, -0.1) is 0 Å². The number of rotatable bonds is 8. The van der Waals surface area contributed by atoms with E-state index < -0.39 is 5.97 Å². The van der Waals surface area contributed by atoms with Crippen LogP contribution >= 0.6 is 0 Å². The van der Waals surface area contributed by atoms with Crippen molar-refractivity contribution in [2.24, 2.45) is 4.99 Å². The number of aliphatic imine (C=N–C) groups is 1. The highest BCUT2D eigenvalue weighted by atomic mass is 16.5. The Labute approximate surface area is 163 Å². The van der Waals surface area contributed by atoms with Crippen LogP contribution in [0.3, 0.4) is 0 Å². The van der Waals surface area contributed by atoms with Crippen molar-refractivity contribution in [2.45, 2.75) is 13.5 Å². The van der Waals surface area contributed by atoms with Gasteiger partial charge in [0.2, 0.25) is 0 Å². The number of hydrogen-bond acceptors (Lipinski definition) is 4. The lowest BCUT2D eigenvalue weighted by atomic mass is 10.1. The highest BCUT2D eigenvalue weighted by molar-refractivity contribution is 5.94. The summed E-state index contributed by atoms with van der Waals surface area (Å²) in [5.74, 6) is 0.0727. The lowest BCUT2D eigenvalue weighted by Crippen LogP contribution is -2.04. The number of aromatic carboxylic acids is 1. The molecule has 0 aliphatic carbocycles. The van der Waals surface area contributed by atoms with E-state index in [1.807, 2.05) is 61.5 Å². The maximum Gasteiger partial charge on any atom is 0.339 e. The van der Waals surface area contributed by atoms with Crippen LogP contribution in [-0.4, -0.2) is 23.9 Å². The Bertz CT molecular complexity index is 950. The van der Waals surface area contributed by atoms with Crippen LogP contribution in [0.2, 0.25) is 0 Å². The molecule has 28 heavy (non-hydrogen) atoms. The SMILES string of the molecule is CCOc1ccc(N=Cc2ccc(OCc3ccccc3)c(C(=O)O)c2)cc1. The van der Waals surface area contributed by atoms with Gasteiger partial charge in [-0.05, 0) is 60.5 Å². The molecule has 0 aliphatic rings. The third kappa shape index (κ3) is 5.20. The number of hydrogen-bond donors (Lipinski definition) is 1. The maximum absolute atomic E-state index is 11.6. The molecule has 3 aromatic rings. The minimum absolute atomic E-state index is 0.103. The molecule has 0 fully saturated rings. The Kier molecular flexibility index (Phi) is 6.41. The molecule has 0 saturated heterocycles. The summed E-state index contributed by atoms with van der Waals surface area (Å²) in [4.78, 5) is 16.0. The van der Waals surface area contributed by atoms with E-state index in [4.69, 9.17) is 9.47 Å². The van der Waals surface area contributed by atoms with Gasteiger partial charge in [-0.25, -0.2) is 4.79 Å². The topological polar surface area (TPSA) is 68.1 Å². The average molecular weight is 375 g/mol. The van der Waals surface area contributed by atoms with Gasteiger partial charge in [-0.1, -0.05) is 30.3 Å². The van der Waals surface area contributed by atoms with Gasteiger partial charge in [0.15, 0.2) is 0 Å². The Balaban J connectivity index is 1.73. The summed E-state index contributed by atoms with van der Waals surface area (Å²) >= 11 is 0. The fourth-order valence-corrected chi connectivity index (χ4v) is 2.60. The predicted molar refractivity (Wildman–Crippen MR) is 109 cm³/mol. The fraction of sp³-hybridized carbons (Fsp3) is 0.130. The van der Waals surface area contributed by atoms with Crippen LogP contribution in [0.4, 0.5) is 5.69 Å². The van der Waals surface area contributed by atoms with Crippen molar-refractivity contribution in [3.8, 4) is 11.5 Å². The second-order valence-electron chi connectivity index (χ2n) is 6.02. The van der Waals surface area contributed by atoms with E-state index in [0.717, 1.165) is 17.0 Å². The van der Waals surface area contributed by atoms with E-state index in [9.17, 15) is 9.90 Å².